The summed E-state index contributed by atoms with van der Waals surface area (Å²) in [6.45, 7) is 13.5. The largest absolute Gasteiger partial charge is 0.489 e. The third-order valence-electron chi connectivity index (χ3n) is 10.5. The van der Waals surface area contributed by atoms with Crippen molar-refractivity contribution in [2.24, 2.45) is 33.5 Å². The lowest BCUT2D eigenvalue weighted by atomic mass is 9.36. The SMILES string of the molecule is Cc1cc2c(c(=O)o1)C[C@]1(C)[C@H](CC[C@@H]3[C@@]4(C)CCC(=O)C(C)(C)[C@@H]4CC[C@]31C)O2. The van der Waals surface area contributed by atoms with Gasteiger partial charge in [0.1, 0.15) is 23.4 Å². The quantitative estimate of drug-likeness (QED) is 0.566. The van der Waals surface area contributed by atoms with Crippen LogP contribution in [0.4, 0.5) is 0 Å². The Hall–Kier alpha value is -1.58. The fourth-order valence-corrected chi connectivity index (χ4v) is 8.59. The normalized spacial score (nSPS) is 44.2. The molecule has 1 aliphatic heterocycles. The van der Waals surface area contributed by atoms with E-state index in [1.165, 1.54) is 0 Å². The van der Waals surface area contributed by atoms with Crippen LogP contribution in [0.1, 0.15) is 84.5 Å². The number of ether oxygens (including phenoxy) is 1. The molecule has 6 atom stereocenters. The Morgan fingerprint density at radius 3 is 2.40 bits per heavy atom. The van der Waals surface area contributed by atoms with Crippen molar-refractivity contribution in [3.05, 3.63) is 27.8 Å². The average molecular weight is 413 g/mol. The fourth-order valence-electron chi connectivity index (χ4n) is 8.59. The molecular weight excluding hydrogens is 376 g/mol. The van der Waals surface area contributed by atoms with Gasteiger partial charge in [-0.05, 0) is 68.1 Å². The van der Waals surface area contributed by atoms with E-state index in [1.807, 2.05) is 13.0 Å². The predicted octanol–water partition coefficient (Wildman–Crippen LogP) is 5.48. The van der Waals surface area contributed by atoms with Crippen molar-refractivity contribution in [1.82, 2.24) is 0 Å². The van der Waals surface area contributed by atoms with E-state index >= 15 is 0 Å². The molecule has 0 amide bonds. The molecular formula is C26H36O4. The molecule has 4 aliphatic rings. The van der Waals surface area contributed by atoms with Crippen molar-refractivity contribution < 1.29 is 13.9 Å². The van der Waals surface area contributed by atoms with E-state index in [-0.39, 0.29) is 33.4 Å². The molecule has 0 unspecified atom stereocenters. The number of hydrogen-bond acceptors (Lipinski definition) is 4. The molecule has 3 aliphatic carbocycles. The summed E-state index contributed by atoms with van der Waals surface area (Å²) in [6.07, 6.45) is 6.90. The van der Waals surface area contributed by atoms with Gasteiger partial charge < -0.3 is 9.15 Å². The Labute approximate surface area is 179 Å². The highest BCUT2D eigenvalue weighted by atomic mass is 16.5. The van der Waals surface area contributed by atoms with E-state index in [2.05, 4.69) is 34.6 Å². The van der Waals surface area contributed by atoms with Gasteiger partial charge in [0.15, 0.2) is 0 Å². The highest BCUT2D eigenvalue weighted by molar-refractivity contribution is 5.85. The van der Waals surface area contributed by atoms with Gasteiger partial charge in [0.2, 0.25) is 0 Å². The second-order valence-electron chi connectivity index (χ2n) is 12.0. The molecule has 0 radical (unpaired) electrons. The molecule has 0 bridgehead atoms. The minimum atomic E-state index is -0.236. The second kappa shape index (κ2) is 6.01. The van der Waals surface area contributed by atoms with Crippen molar-refractivity contribution in [3.8, 4) is 5.75 Å². The summed E-state index contributed by atoms with van der Waals surface area (Å²) in [5.41, 5.74) is 0.378. The highest BCUT2D eigenvalue weighted by Crippen LogP contribution is 2.71. The van der Waals surface area contributed by atoms with E-state index in [0.717, 1.165) is 44.3 Å². The van der Waals surface area contributed by atoms with Gasteiger partial charge >= 0.3 is 5.63 Å². The predicted molar refractivity (Wildman–Crippen MR) is 116 cm³/mol. The molecule has 164 valence electrons. The topological polar surface area (TPSA) is 56.5 Å². The van der Waals surface area contributed by atoms with Crippen LogP contribution >= 0.6 is 0 Å². The first kappa shape index (κ1) is 20.3. The van der Waals surface area contributed by atoms with Gasteiger partial charge in [0, 0.05) is 23.3 Å². The Bertz CT molecular complexity index is 974. The lowest BCUT2D eigenvalue weighted by Gasteiger charge is -2.69. The molecule has 0 spiro atoms. The summed E-state index contributed by atoms with van der Waals surface area (Å²) in [6, 6.07) is 1.89. The standard InChI is InChI=1S/C26H36O4/c1-15-13-17-16(22(28)29-15)14-26(6)21(30-17)8-7-19-24(4)11-10-20(27)23(2,3)18(24)9-12-25(19,26)5/h13,18-19,21H,7-12,14H2,1-6H3/t18-,19+,21-,24-,25+,26+/m0/s1. The smallest absolute Gasteiger partial charge is 0.342 e. The molecule has 0 aromatic carbocycles. The van der Waals surface area contributed by atoms with Crippen LogP contribution in [0.5, 0.6) is 5.75 Å². The van der Waals surface area contributed by atoms with Crippen LogP contribution in [0.15, 0.2) is 15.3 Å². The summed E-state index contributed by atoms with van der Waals surface area (Å²) in [4.78, 5) is 25.5. The van der Waals surface area contributed by atoms with E-state index in [1.54, 1.807) is 0 Å². The zero-order chi connectivity index (χ0) is 21.7. The number of Topliss-reactive ketones (excluding diaryl/α,β-unsaturated/α-hetero) is 1. The molecule has 2 heterocycles. The fraction of sp³-hybridized carbons (Fsp3) is 0.769. The first-order valence-corrected chi connectivity index (χ1v) is 11.8. The minimum Gasteiger partial charge on any atom is -0.489 e. The van der Waals surface area contributed by atoms with Gasteiger partial charge in [0.25, 0.3) is 0 Å². The molecule has 4 nitrogen and oxygen atoms in total. The first-order chi connectivity index (χ1) is 13.9. The number of rotatable bonds is 0. The highest BCUT2D eigenvalue weighted by Gasteiger charge is 2.68. The molecule has 0 saturated heterocycles. The number of aryl methyl sites for hydroxylation is 1. The van der Waals surface area contributed by atoms with E-state index in [4.69, 9.17) is 9.15 Å². The molecule has 30 heavy (non-hydrogen) atoms. The first-order valence-electron chi connectivity index (χ1n) is 11.8. The van der Waals surface area contributed by atoms with Crippen LogP contribution in [0, 0.1) is 40.4 Å². The van der Waals surface area contributed by atoms with Crippen LogP contribution in [0.2, 0.25) is 0 Å². The van der Waals surface area contributed by atoms with Gasteiger partial charge in [-0.25, -0.2) is 4.79 Å². The third-order valence-corrected chi connectivity index (χ3v) is 10.5. The summed E-state index contributed by atoms with van der Waals surface area (Å²) >= 11 is 0. The van der Waals surface area contributed by atoms with Gasteiger partial charge in [0.05, 0.1) is 5.56 Å². The maximum atomic E-state index is 12.8. The third kappa shape index (κ3) is 2.34. The number of hydrogen-bond donors (Lipinski definition) is 0. The monoisotopic (exact) mass is 412 g/mol. The van der Waals surface area contributed by atoms with Crippen molar-refractivity contribution in [3.63, 3.8) is 0 Å². The van der Waals surface area contributed by atoms with Gasteiger partial charge in [-0.1, -0.05) is 34.6 Å². The lowest BCUT2D eigenvalue weighted by Crippen LogP contribution is -2.66. The summed E-state index contributed by atoms with van der Waals surface area (Å²) in [5, 5.41) is 0. The summed E-state index contributed by atoms with van der Waals surface area (Å²) < 4.78 is 12.0. The molecule has 0 N–H and O–H groups in total. The molecule has 1 aromatic rings. The molecule has 3 saturated carbocycles. The number of fused-ring (bicyclic) bond motifs is 6. The lowest BCUT2D eigenvalue weighted by molar-refractivity contribution is -0.217. The maximum absolute atomic E-state index is 12.8. The Kier molecular flexibility index (Phi) is 4.07. The van der Waals surface area contributed by atoms with Crippen LogP contribution in [0.3, 0.4) is 0 Å². The van der Waals surface area contributed by atoms with Crippen molar-refractivity contribution in [2.75, 3.05) is 0 Å². The van der Waals surface area contributed by atoms with Crippen molar-refractivity contribution in [2.45, 2.75) is 92.6 Å². The number of carbonyl (C=O) groups excluding carboxylic acids is 1. The molecule has 1 aromatic heterocycles. The van der Waals surface area contributed by atoms with Crippen molar-refractivity contribution in [1.29, 1.82) is 0 Å². The zero-order valence-electron chi connectivity index (χ0n) is 19.4. The van der Waals surface area contributed by atoms with E-state index < -0.39 is 0 Å². The molecule has 4 heteroatoms. The average Bonchev–Trinajstić information content (AvgIpc) is 2.65. The van der Waals surface area contributed by atoms with E-state index in [9.17, 15) is 9.59 Å². The maximum Gasteiger partial charge on any atom is 0.342 e. The van der Waals surface area contributed by atoms with E-state index in [0.29, 0.717) is 35.4 Å². The van der Waals surface area contributed by atoms with Crippen LogP contribution in [-0.4, -0.2) is 11.9 Å². The Morgan fingerprint density at radius 2 is 1.67 bits per heavy atom. The van der Waals surface area contributed by atoms with Crippen molar-refractivity contribution >= 4 is 5.78 Å². The summed E-state index contributed by atoms with van der Waals surface area (Å²) in [7, 11) is 0. The Balaban J connectivity index is 1.59. The minimum absolute atomic E-state index is 0.0760. The van der Waals surface area contributed by atoms with Gasteiger partial charge in [-0.2, -0.15) is 0 Å². The second-order valence-corrected chi connectivity index (χ2v) is 12.0. The van der Waals surface area contributed by atoms with Crippen LogP contribution < -0.4 is 10.4 Å². The molecule has 3 fully saturated rings. The number of ketones is 1. The van der Waals surface area contributed by atoms with Crippen LogP contribution in [0.25, 0.3) is 0 Å². The van der Waals surface area contributed by atoms with Crippen LogP contribution in [-0.2, 0) is 11.2 Å². The zero-order valence-corrected chi connectivity index (χ0v) is 19.4. The molecule has 5 rings (SSSR count). The summed E-state index contributed by atoms with van der Waals surface area (Å²) in [5.74, 6) is 2.77. The Morgan fingerprint density at radius 1 is 0.933 bits per heavy atom. The number of carbonyl (C=O) groups is 1. The van der Waals surface area contributed by atoms with Gasteiger partial charge in [-0.3, -0.25) is 4.79 Å². The van der Waals surface area contributed by atoms with Gasteiger partial charge in [-0.15, -0.1) is 0 Å².